The van der Waals surface area contributed by atoms with Crippen LogP contribution in [0.3, 0.4) is 0 Å². The first kappa shape index (κ1) is 15.4. The van der Waals surface area contributed by atoms with Crippen LogP contribution in [0.4, 0.5) is 4.39 Å². The zero-order chi connectivity index (χ0) is 16.9. The summed E-state index contributed by atoms with van der Waals surface area (Å²) in [7, 11) is 0. The SMILES string of the molecule is N#Cc1ccc(C(=O)NCc2cnoc2-c2ccc(F)cc2)cc1. The average molecular weight is 321 g/mol. The fraction of sp³-hybridized carbons (Fsp3) is 0.0556. The van der Waals surface area contributed by atoms with Crippen LogP contribution in [0.25, 0.3) is 11.3 Å². The fourth-order valence-electron chi connectivity index (χ4n) is 2.20. The monoisotopic (exact) mass is 321 g/mol. The van der Waals surface area contributed by atoms with Gasteiger partial charge in [0.1, 0.15) is 5.82 Å². The number of hydrogen-bond acceptors (Lipinski definition) is 4. The normalized spacial score (nSPS) is 10.2. The summed E-state index contributed by atoms with van der Waals surface area (Å²) in [6.07, 6.45) is 1.51. The highest BCUT2D eigenvalue weighted by atomic mass is 19.1. The van der Waals surface area contributed by atoms with Gasteiger partial charge in [-0.3, -0.25) is 4.79 Å². The second-order valence-electron chi connectivity index (χ2n) is 5.06. The topological polar surface area (TPSA) is 78.9 Å². The van der Waals surface area contributed by atoms with E-state index < -0.39 is 0 Å². The Morgan fingerprint density at radius 3 is 2.54 bits per heavy atom. The molecule has 1 amide bonds. The third-order valence-electron chi connectivity index (χ3n) is 3.47. The van der Waals surface area contributed by atoms with Gasteiger partial charge in [0.25, 0.3) is 5.91 Å². The van der Waals surface area contributed by atoms with Crippen LogP contribution in [-0.2, 0) is 6.54 Å². The van der Waals surface area contributed by atoms with Gasteiger partial charge in [-0.05, 0) is 48.5 Å². The lowest BCUT2D eigenvalue weighted by Gasteiger charge is -2.05. The second kappa shape index (κ2) is 6.75. The predicted molar refractivity (Wildman–Crippen MR) is 84.2 cm³/mol. The summed E-state index contributed by atoms with van der Waals surface area (Å²) >= 11 is 0. The minimum Gasteiger partial charge on any atom is -0.356 e. The summed E-state index contributed by atoms with van der Waals surface area (Å²) in [5.41, 5.74) is 2.30. The lowest BCUT2D eigenvalue weighted by atomic mass is 10.1. The fourth-order valence-corrected chi connectivity index (χ4v) is 2.20. The summed E-state index contributed by atoms with van der Waals surface area (Å²) in [4.78, 5) is 12.1. The van der Waals surface area contributed by atoms with E-state index in [1.54, 1.807) is 36.4 Å². The number of aromatic nitrogens is 1. The first-order chi connectivity index (χ1) is 11.7. The molecule has 0 aliphatic carbocycles. The first-order valence-corrected chi connectivity index (χ1v) is 7.15. The molecular weight excluding hydrogens is 309 g/mol. The van der Waals surface area contributed by atoms with Crippen LogP contribution in [0.5, 0.6) is 0 Å². The Kier molecular flexibility index (Phi) is 4.34. The standard InChI is InChI=1S/C18H12FN3O2/c19-16-7-5-13(6-8-16)17-15(11-22-24-17)10-21-18(23)14-3-1-12(9-20)2-4-14/h1-8,11H,10H2,(H,21,23). The number of carbonyl (C=O) groups excluding carboxylic acids is 1. The highest BCUT2D eigenvalue weighted by Crippen LogP contribution is 2.23. The Hall–Kier alpha value is -3.46. The maximum absolute atomic E-state index is 13.0. The van der Waals surface area contributed by atoms with Crippen molar-refractivity contribution in [2.24, 2.45) is 0 Å². The van der Waals surface area contributed by atoms with E-state index in [-0.39, 0.29) is 18.3 Å². The molecular formula is C18H12FN3O2. The number of halogens is 1. The van der Waals surface area contributed by atoms with Gasteiger partial charge in [-0.2, -0.15) is 5.26 Å². The van der Waals surface area contributed by atoms with Crippen molar-refractivity contribution in [1.29, 1.82) is 5.26 Å². The minimum absolute atomic E-state index is 0.217. The Morgan fingerprint density at radius 1 is 1.17 bits per heavy atom. The van der Waals surface area contributed by atoms with Crippen LogP contribution in [0.2, 0.25) is 0 Å². The molecule has 1 heterocycles. The van der Waals surface area contributed by atoms with Crippen molar-refractivity contribution in [3.63, 3.8) is 0 Å². The summed E-state index contributed by atoms with van der Waals surface area (Å²) in [6, 6.07) is 14.2. The van der Waals surface area contributed by atoms with Gasteiger partial charge in [0.05, 0.1) is 17.8 Å². The van der Waals surface area contributed by atoms with E-state index in [1.165, 1.54) is 18.3 Å². The van der Waals surface area contributed by atoms with Crippen molar-refractivity contribution in [2.75, 3.05) is 0 Å². The third-order valence-corrected chi connectivity index (χ3v) is 3.47. The molecule has 0 bridgehead atoms. The van der Waals surface area contributed by atoms with Gasteiger partial charge in [-0.1, -0.05) is 5.16 Å². The van der Waals surface area contributed by atoms with Gasteiger partial charge in [-0.25, -0.2) is 4.39 Å². The maximum atomic E-state index is 13.0. The number of amides is 1. The molecule has 0 unspecified atom stereocenters. The smallest absolute Gasteiger partial charge is 0.251 e. The summed E-state index contributed by atoms with van der Waals surface area (Å²) in [6.45, 7) is 0.217. The van der Waals surface area contributed by atoms with Gasteiger partial charge in [0, 0.05) is 23.2 Å². The van der Waals surface area contributed by atoms with Crippen LogP contribution in [-0.4, -0.2) is 11.1 Å². The van der Waals surface area contributed by atoms with Crippen molar-refractivity contribution < 1.29 is 13.7 Å². The molecule has 0 radical (unpaired) electrons. The molecule has 0 aliphatic heterocycles. The molecule has 24 heavy (non-hydrogen) atoms. The van der Waals surface area contributed by atoms with Gasteiger partial charge in [-0.15, -0.1) is 0 Å². The van der Waals surface area contributed by atoms with Crippen molar-refractivity contribution >= 4 is 5.91 Å². The van der Waals surface area contributed by atoms with Crippen LogP contribution in [0, 0.1) is 17.1 Å². The Labute approximate surface area is 137 Å². The predicted octanol–water partition coefficient (Wildman–Crippen LogP) is 3.28. The molecule has 1 N–H and O–H groups in total. The van der Waals surface area contributed by atoms with E-state index in [0.29, 0.717) is 28.0 Å². The van der Waals surface area contributed by atoms with Gasteiger partial charge in [0.15, 0.2) is 5.76 Å². The van der Waals surface area contributed by atoms with Gasteiger partial charge < -0.3 is 9.84 Å². The second-order valence-corrected chi connectivity index (χ2v) is 5.06. The molecule has 1 aromatic heterocycles. The van der Waals surface area contributed by atoms with E-state index >= 15 is 0 Å². The van der Waals surface area contributed by atoms with Crippen molar-refractivity contribution in [3.8, 4) is 17.4 Å². The molecule has 5 nitrogen and oxygen atoms in total. The molecule has 0 spiro atoms. The number of hydrogen-bond donors (Lipinski definition) is 1. The van der Waals surface area contributed by atoms with E-state index in [2.05, 4.69) is 10.5 Å². The lowest BCUT2D eigenvalue weighted by Crippen LogP contribution is -2.22. The van der Waals surface area contributed by atoms with E-state index in [0.717, 1.165) is 0 Å². The number of nitriles is 1. The molecule has 6 heteroatoms. The number of benzene rings is 2. The van der Waals surface area contributed by atoms with Crippen molar-refractivity contribution in [2.45, 2.75) is 6.54 Å². The molecule has 0 saturated carbocycles. The molecule has 2 aromatic carbocycles. The molecule has 0 atom stereocenters. The minimum atomic E-state index is -0.339. The molecule has 0 saturated heterocycles. The van der Waals surface area contributed by atoms with E-state index in [4.69, 9.17) is 9.78 Å². The summed E-state index contributed by atoms with van der Waals surface area (Å²) in [5, 5.41) is 15.3. The number of nitrogens with zero attached hydrogens (tertiary/aromatic N) is 2. The Balaban J connectivity index is 1.71. The Bertz CT molecular complexity index is 893. The van der Waals surface area contributed by atoms with Crippen LogP contribution < -0.4 is 5.32 Å². The highest BCUT2D eigenvalue weighted by Gasteiger charge is 2.13. The first-order valence-electron chi connectivity index (χ1n) is 7.15. The average Bonchev–Trinajstić information content (AvgIpc) is 3.09. The molecule has 0 aliphatic rings. The molecule has 118 valence electrons. The maximum Gasteiger partial charge on any atom is 0.251 e. The zero-order valence-corrected chi connectivity index (χ0v) is 12.5. The third kappa shape index (κ3) is 3.31. The van der Waals surface area contributed by atoms with Gasteiger partial charge in [0.2, 0.25) is 0 Å². The summed E-state index contributed by atoms with van der Waals surface area (Å²) in [5.74, 6) is -0.130. The lowest BCUT2D eigenvalue weighted by molar-refractivity contribution is 0.0951. The quantitative estimate of drug-likeness (QED) is 0.800. The van der Waals surface area contributed by atoms with E-state index in [9.17, 15) is 9.18 Å². The summed E-state index contributed by atoms with van der Waals surface area (Å²) < 4.78 is 18.2. The highest BCUT2D eigenvalue weighted by molar-refractivity contribution is 5.94. The van der Waals surface area contributed by atoms with Gasteiger partial charge >= 0.3 is 0 Å². The molecule has 3 rings (SSSR count). The number of nitrogens with one attached hydrogen (secondary N) is 1. The van der Waals surface area contributed by atoms with E-state index in [1.807, 2.05) is 6.07 Å². The van der Waals surface area contributed by atoms with Crippen LogP contribution in [0.1, 0.15) is 21.5 Å². The van der Waals surface area contributed by atoms with Crippen molar-refractivity contribution in [1.82, 2.24) is 10.5 Å². The van der Waals surface area contributed by atoms with Crippen molar-refractivity contribution in [3.05, 3.63) is 77.2 Å². The zero-order valence-electron chi connectivity index (χ0n) is 12.5. The number of rotatable bonds is 4. The largest absolute Gasteiger partial charge is 0.356 e. The van der Waals surface area contributed by atoms with Crippen LogP contribution >= 0.6 is 0 Å². The molecule has 0 fully saturated rings. The molecule has 3 aromatic rings. The number of carbonyl (C=O) groups is 1. The van der Waals surface area contributed by atoms with Crippen LogP contribution in [0.15, 0.2) is 59.3 Å². The Morgan fingerprint density at radius 2 is 1.88 bits per heavy atom.